The van der Waals surface area contributed by atoms with Crippen molar-refractivity contribution in [1.82, 2.24) is 10.2 Å². The quantitative estimate of drug-likeness (QED) is 0.718. The van der Waals surface area contributed by atoms with E-state index in [-0.39, 0.29) is 5.72 Å². The number of nitrogens with zero attached hydrogens (tertiary/aromatic N) is 1. The smallest absolute Gasteiger partial charge is 0.116 e. The molecule has 3 nitrogen and oxygen atoms in total. The molecule has 1 unspecified atom stereocenters. The van der Waals surface area contributed by atoms with Gasteiger partial charge in [-0.2, -0.15) is 0 Å². The van der Waals surface area contributed by atoms with Crippen molar-refractivity contribution in [2.45, 2.75) is 31.9 Å². The summed E-state index contributed by atoms with van der Waals surface area (Å²) < 4.78 is 5.75. The maximum atomic E-state index is 5.75. The average Bonchev–Trinajstić information content (AvgIpc) is 2.57. The Kier molecular flexibility index (Phi) is 3.10. The van der Waals surface area contributed by atoms with E-state index in [1.165, 1.54) is 32.4 Å². The fourth-order valence-electron chi connectivity index (χ4n) is 2.59. The van der Waals surface area contributed by atoms with Crippen molar-refractivity contribution in [3.8, 4) is 0 Å². The lowest BCUT2D eigenvalue weighted by molar-refractivity contribution is -0.0199. The van der Waals surface area contributed by atoms with Crippen molar-refractivity contribution in [2.24, 2.45) is 5.92 Å². The van der Waals surface area contributed by atoms with E-state index in [0.717, 1.165) is 19.1 Å². The van der Waals surface area contributed by atoms with E-state index in [9.17, 15) is 0 Å². The number of rotatable bonds is 2. The normalized spacial score (nSPS) is 36.4. The van der Waals surface area contributed by atoms with Gasteiger partial charge in [-0.15, -0.1) is 0 Å². The summed E-state index contributed by atoms with van der Waals surface area (Å²) in [7, 11) is 2.21. The number of likely N-dealkylation sites (tertiary alicyclic amines) is 1. The molecule has 2 aliphatic rings. The Hall–Kier alpha value is -0.120. The van der Waals surface area contributed by atoms with E-state index < -0.39 is 0 Å². The van der Waals surface area contributed by atoms with Crippen LogP contribution in [-0.2, 0) is 4.74 Å². The van der Waals surface area contributed by atoms with Gasteiger partial charge in [-0.3, -0.25) is 5.32 Å². The first-order valence-corrected chi connectivity index (χ1v) is 5.75. The molecule has 0 aromatic heterocycles. The maximum absolute atomic E-state index is 5.75. The summed E-state index contributed by atoms with van der Waals surface area (Å²) in [5, 5.41) is 3.46. The molecule has 0 aromatic carbocycles. The Balaban J connectivity index is 1.79. The van der Waals surface area contributed by atoms with Gasteiger partial charge in [0.1, 0.15) is 5.72 Å². The third kappa shape index (κ3) is 2.47. The van der Waals surface area contributed by atoms with Crippen molar-refractivity contribution in [1.29, 1.82) is 0 Å². The molecule has 82 valence electrons. The van der Waals surface area contributed by atoms with Crippen LogP contribution in [0.5, 0.6) is 0 Å². The van der Waals surface area contributed by atoms with E-state index in [0.29, 0.717) is 0 Å². The Labute approximate surface area is 86.8 Å². The number of ether oxygens (including phenoxy) is 1. The Morgan fingerprint density at radius 1 is 1.43 bits per heavy atom. The van der Waals surface area contributed by atoms with Crippen LogP contribution in [0.15, 0.2) is 0 Å². The van der Waals surface area contributed by atoms with Crippen molar-refractivity contribution in [3.05, 3.63) is 0 Å². The highest BCUT2D eigenvalue weighted by Gasteiger charge is 2.32. The number of piperidine rings is 1. The zero-order valence-corrected chi connectivity index (χ0v) is 9.38. The SMILES string of the molecule is CN1CCC(CC2(C)NCCO2)CC1. The first kappa shape index (κ1) is 10.4. The second-order valence-corrected chi connectivity index (χ2v) is 4.96. The molecule has 0 amide bonds. The monoisotopic (exact) mass is 198 g/mol. The molecule has 2 aliphatic heterocycles. The van der Waals surface area contributed by atoms with Crippen LogP contribution >= 0.6 is 0 Å². The van der Waals surface area contributed by atoms with Crippen LogP contribution in [0.2, 0.25) is 0 Å². The van der Waals surface area contributed by atoms with Crippen LogP contribution in [0.4, 0.5) is 0 Å². The van der Waals surface area contributed by atoms with Gasteiger partial charge in [0.2, 0.25) is 0 Å². The van der Waals surface area contributed by atoms with Gasteiger partial charge in [0.05, 0.1) is 6.61 Å². The molecule has 2 fully saturated rings. The largest absolute Gasteiger partial charge is 0.360 e. The van der Waals surface area contributed by atoms with Crippen LogP contribution in [0.25, 0.3) is 0 Å². The molecule has 2 heterocycles. The molecule has 1 N–H and O–H groups in total. The van der Waals surface area contributed by atoms with E-state index in [1.807, 2.05) is 0 Å². The lowest BCUT2D eigenvalue weighted by Gasteiger charge is -2.34. The first-order chi connectivity index (χ1) is 6.68. The minimum Gasteiger partial charge on any atom is -0.360 e. The van der Waals surface area contributed by atoms with Crippen molar-refractivity contribution >= 4 is 0 Å². The molecule has 14 heavy (non-hydrogen) atoms. The van der Waals surface area contributed by atoms with Crippen LogP contribution in [-0.4, -0.2) is 43.9 Å². The van der Waals surface area contributed by atoms with Crippen molar-refractivity contribution in [2.75, 3.05) is 33.3 Å². The molecule has 2 rings (SSSR count). The molecule has 0 bridgehead atoms. The highest BCUT2D eigenvalue weighted by Crippen LogP contribution is 2.28. The summed E-state index contributed by atoms with van der Waals surface area (Å²) in [6.07, 6.45) is 3.84. The summed E-state index contributed by atoms with van der Waals surface area (Å²) in [6.45, 7) is 6.59. The molecule has 0 saturated carbocycles. The molecular formula is C11H22N2O. The van der Waals surface area contributed by atoms with Crippen LogP contribution in [0.1, 0.15) is 26.2 Å². The van der Waals surface area contributed by atoms with Gasteiger partial charge >= 0.3 is 0 Å². The Morgan fingerprint density at radius 2 is 2.14 bits per heavy atom. The minimum absolute atomic E-state index is 0.0272. The molecule has 1 atom stereocenters. The van der Waals surface area contributed by atoms with Gasteiger partial charge in [0.25, 0.3) is 0 Å². The topological polar surface area (TPSA) is 24.5 Å². The van der Waals surface area contributed by atoms with E-state index in [2.05, 4.69) is 24.2 Å². The predicted molar refractivity (Wildman–Crippen MR) is 57.2 cm³/mol. The summed E-state index contributed by atoms with van der Waals surface area (Å²) in [5.74, 6) is 0.849. The van der Waals surface area contributed by atoms with Gasteiger partial charge in [0.15, 0.2) is 0 Å². The van der Waals surface area contributed by atoms with Crippen LogP contribution < -0.4 is 5.32 Å². The van der Waals surface area contributed by atoms with Crippen molar-refractivity contribution in [3.63, 3.8) is 0 Å². The van der Waals surface area contributed by atoms with E-state index >= 15 is 0 Å². The van der Waals surface area contributed by atoms with Gasteiger partial charge < -0.3 is 9.64 Å². The number of nitrogens with one attached hydrogen (secondary N) is 1. The third-order valence-electron chi connectivity index (χ3n) is 3.54. The van der Waals surface area contributed by atoms with Crippen molar-refractivity contribution < 1.29 is 4.74 Å². The lowest BCUT2D eigenvalue weighted by atomic mass is 9.89. The van der Waals surface area contributed by atoms with Gasteiger partial charge in [-0.25, -0.2) is 0 Å². The molecule has 0 aliphatic carbocycles. The number of hydrogen-bond donors (Lipinski definition) is 1. The summed E-state index contributed by atoms with van der Waals surface area (Å²) in [6, 6.07) is 0. The van der Waals surface area contributed by atoms with Gasteiger partial charge in [-0.1, -0.05) is 0 Å². The molecule has 3 heteroatoms. The number of hydrogen-bond acceptors (Lipinski definition) is 3. The van der Waals surface area contributed by atoms with Gasteiger partial charge in [-0.05, 0) is 52.2 Å². The van der Waals surface area contributed by atoms with Gasteiger partial charge in [0, 0.05) is 6.54 Å². The first-order valence-electron chi connectivity index (χ1n) is 5.75. The minimum atomic E-state index is -0.0272. The van der Waals surface area contributed by atoms with Crippen LogP contribution in [0, 0.1) is 5.92 Å². The average molecular weight is 198 g/mol. The highest BCUT2D eigenvalue weighted by atomic mass is 16.5. The second-order valence-electron chi connectivity index (χ2n) is 4.96. The second kappa shape index (κ2) is 4.17. The summed E-state index contributed by atoms with van der Waals surface area (Å²) in [5.41, 5.74) is -0.0272. The summed E-state index contributed by atoms with van der Waals surface area (Å²) in [4.78, 5) is 2.42. The molecule has 0 radical (unpaired) electrons. The molecule has 2 saturated heterocycles. The van der Waals surface area contributed by atoms with E-state index in [4.69, 9.17) is 4.74 Å². The highest BCUT2D eigenvalue weighted by molar-refractivity contribution is 4.83. The Bertz CT molecular complexity index is 182. The Morgan fingerprint density at radius 3 is 2.71 bits per heavy atom. The maximum Gasteiger partial charge on any atom is 0.116 e. The molecule has 0 aromatic rings. The summed E-state index contributed by atoms with van der Waals surface area (Å²) >= 11 is 0. The zero-order valence-electron chi connectivity index (χ0n) is 9.38. The fraction of sp³-hybridized carbons (Fsp3) is 1.00. The lowest BCUT2D eigenvalue weighted by Crippen LogP contribution is -2.42. The third-order valence-corrected chi connectivity index (χ3v) is 3.54. The zero-order chi connectivity index (χ0) is 10.0. The molecule has 0 spiro atoms. The molecular weight excluding hydrogens is 176 g/mol. The fourth-order valence-corrected chi connectivity index (χ4v) is 2.59. The van der Waals surface area contributed by atoms with E-state index in [1.54, 1.807) is 0 Å². The predicted octanol–water partition coefficient (Wildman–Crippen LogP) is 1.05. The standard InChI is InChI=1S/C11H22N2O/c1-11(12-5-8-14-11)9-10-3-6-13(2)7-4-10/h10,12H,3-9H2,1-2H3. The van der Waals surface area contributed by atoms with Crippen LogP contribution in [0.3, 0.4) is 0 Å².